The third-order valence-corrected chi connectivity index (χ3v) is 4.82. The first-order chi connectivity index (χ1) is 16.7. The van der Waals surface area contributed by atoms with Crippen LogP contribution in [0.4, 0.5) is 10.5 Å². The molecule has 2 atom stereocenters. The van der Waals surface area contributed by atoms with Gasteiger partial charge in [-0.05, 0) is 17.2 Å². The van der Waals surface area contributed by atoms with Crippen LogP contribution in [0.15, 0.2) is 48.5 Å². The maximum Gasteiger partial charge on any atom is 0.407 e. The Labute approximate surface area is 201 Å². The van der Waals surface area contributed by atoms with Crippen molar-refractivity contribution in [3.63, 3.8) is 0 Å². The van der Waals surface area contributed by atoms with Crippen LogP contribution in [0.3, 0.4) is 0 Å². The molecule has 2 aromatic carbocycles. The van der Waals surface area contributed by atoms with Crippen LogP contribution in [-0.4, -0.2) is 60.9 Å². The van der Waals surface area contributed by atoms with Crippen molar-refractivity contribution < 1.29 is 38.6 Å². The Kier molecular flexibility index (Phi) is 10.4. The first-order valence-corrected chi connectivity index (χ1v) is 10.5. The van der Waals surface area contributed by atoms with Gasteiger partial charge in [0.2, 0.25) is 5.91 Å². The fraction of sp³-hybridized carbons (Fsp3) is 0.348. The van der Waals surface area contributed by atoms with Gasteiger partial charge >= 0.3 is 17.7 Å². The molecule has 0 fully saturated rings. The first-order valence-electron chi connectivity index (χ1n) is 10.5. The molecule has 0 aliphatic carbocycles. The zero-order chi connectivity index (χ0) is 25.8. The van der Waals surface area contributed by atoms with Gasteiger partial charge in [0.25, 0.3) is 0 Å². The zero-order valence-corrected chi connectivity index (χ0v) is 19.3. The van der Waals surface area contributed by atoms with Crippen molar-refractivity contribution in [3.8, 4) is 5.75 Å². The summed E-state index contributed by atoms with van der Waals surface area (Å²) in [7, 11) is 2.43. The Bertz CT molecular complexity index is 1030. The lowest BCUT2D eigenvalue weighted by molar-refractivity contribution is -0.385. The van der Waals surface area contributed by atoms with Gasteiger partial charge in [0.05, 0.1) is 31.7 Å². The number of esters is 1. The van der Waals surface area contributed by atoms with Crippen molar-refractivity contribution >= 4 is 23.7 Å². The van der Waals surface area contributed by atoms with E-state index in [0.29, 0.717) is 5.56 Å². The first kappa shape index (κ1) is 27.1. The van der Waals surface area contributed by atoms with E-state index in [1.807, 2.05) is 6.07 Å². The van der Waals surface area contributed by atoms with Gasteiger partial charge in [0.1, 0.15) is 12.6 Å². The van der Waals surface area contributed by atoms with Gasteiger partial charge in [0.15, 0.2) is 5.75 Å². The molecule has 12 nitrogen and oxygen atoms in total. The predicted molar refractivity (Wildman–Crippen MR) is 123 cm³/mol. The molecule has 3 N–H and O–H groups in total. The number of hydrogen-bond donors (Lipinski definition) is 3. The van der Waals surface area contributed by atoms with E-state index in [4.69, 9.17) is 14.2 Å². The van der Waals surface area contributed by atoms with Crippen molar-refractivity contribution in [2.24, 2.45) is 0 Å². The molecule has 35 heavy (non-hydrogen) atoms. The van der Waals surface area contributed by atoms with Crippen LogP contribution >= 0.6 is 0 Å². The summed E-state index contributed by atoms with van der Waals surface area (Å²) < 4.78 is 14.7. The van der Waals surface area contributed by atoms with Gasteiger partial charge in [-0.25, -0.2) is 9.59 Å². The molecule has 0 aliphatic rings. The fourth-order valence-corrected chi connectivity index (χ4v) is 3.09. The van der Waals surface area contributed by atoms with Crippen LogP contribution in [0.2, 0.25) is 0 Å². The highest BCUT2D eigenvalue weighted by Gasteiger charge is 2.25. The molecule has 0 heterocycles. The maximum atomic E-state index is 12.4. The molecule has 0 unspecified atom stereocenters. The third-order valence-electron chi connectivity index (χ3n) is 4.82. The Morgan fingerprint density at radius 2 is 1.80 bits per heavy atom. The molecule has 0 spiro atoms. The highest BCUT2D eigenvalue weighted by Crippen LogP contribution is 2.28. The van der Waals surface area contributed by atoms with E-state index < -0.39 is 41.5 Å². The lowest BCUT2D eigenvalue weighted by Gasteiger charge is -2.18. The normalized spacial score (nSPS) is 12.1. The molecule has 188 valence electrons. The molecular formula is C23H27N3O9. The fourth-order valence-electron chi connectivity index (χ4n) is 3.09. The second-order valence-corrected chi connectivity index (χ2v) is 7.41. The highest BCUT2D eigenvalue weighted by molar-refractivity contribution is 5.85. The summed E-state index contributed by atoms with van der Waals surface area (Å²) in [5, 5.41) is 26.1. The number of nitro benzene ring substituents is 1. The van der Waals surface area contributed by atoms with Crippen LogP contribution < -0.4 is 15.4 Å². The van der Waals surface area contributed by atoms with Gasteiger partial charge in [-0.2, -0.15) is 0 Å². The third kappa shape index (κ3) is 8.93. The van der Waals surface area contributed by atoms with Gasteiger partial charge in [-0.15, -0.1) is 0 Å². The van der Waals surface area contributed by atoms with E-state index in [-0.39, 0.29) is 31.0 Å². The number of aliphatic hydroxyl groups excluding tert-OH is 1. The number of amides is 2. The molecule has 0 radical (unpaired) electrons. The van der Waals surface area contributed by atoms with Gasteiger partial charge in [-0.1, -0.05) is 36.4 Å². The number of carbonyl (C=O) groups excluding carboxylic acids is 3. The maximum absolute atomic E-state index is 12.4. The second kappa shape index (κ2) is 13.5. The number of carbonyl (C=O) groups is 3. The molecular weight excluding hydrogens is 462 g/mol. The molecule has 0 aromatic heterocycles. The molecule has 12 heteroatoms. The minimum absolute atomic E-state index is 0.0492. The SMILES string of the molecule is COC(=O)[C@@H](Cc1ccc(OC)c([N+](=O)[O-])c1)NC(=O)C[C@H](O)CNC(=O)OCc1ccccc1. The van der Waals surface area contributed by atoms with E-state index >= 15 is 0 Å². The smallest absolute Gasteiger partial charge is 0.407 e. The summed E-state index contributed by atoms with van der Waals surface area (Å²) in [4.78, 5) is 46.9. The Balaban J connectivity index is 1.88. The Morgan fingerprint density at radius 3 is 2.43 bits per heavy atom. The average Bonchev–Trinajstić information content (AvgIpc) is 2.85. The van der Waals surface area contributed by atoms with E-state index in [9.17, 15) is 29.6 Å². The number of nitrogens with zero attached hydrogens (tertiary/aromatic N) is 1. The molecule has 0 aliphatic heterocycles. The standard InChI is InChI=1S/C23H27N3O9/c1-33-20-9-8-16(11-19(20)26(31)32)10-18(22(29)34-2)25-21(28)12-17(27)13-24-23(30)35-14-15-6-4-3-5-7-15/h3-9,11,17-18,27H,10,12-14H2,1-2H3,(H,24,30)(H,25,28)/t17-,18+/m0/s1. The van der Waals surface area contributed by atoms with E-state index in [2.05, 4.69) is 10.6 Å². The highest BCUT2D eigenvalue weighted by atomic mass is 16.6. The van der Waals surface area contributed by atoms with E-state index in [1.54, 1.807) is 24.3 Å². The summed E-state index contributed by atoms with van der Waals surface area (Å²) in [5.74, 6) is -1.40. The summed E-state index contributed by atoms with van der Waals surface area (Å²) in [6.45, 7) is -0.206. The Hall–Kier alpha value is -4.19. The van der Waals surface area contributed by atoms with Crippen molar-refractivity contribution in [1.82, 2.24) is 10.6 Å². The largest absolute Gasteiger partial charge is 0.490 e. The second-order valence-electron chi connectivity index (χ2n) is 7.41. The minimum Gasteiger partial charge on any atom is -0.490 e. The number of methoxy groups -OCH3 is 2. The molecule has 0 saturated heterocycles. The summed E-state index contributed by atoms with van der Waals surface area (Å²) in [6.07, 6.45) is -2.53. The van der Waals surface area contributed by atoms with Crippen LogP contribution in [0.25, 0.3) is 0 Å². The van der Waals surface area contributed by atoms with Crippen molar-refractivity contribution in [2.75, 3.05) is 20.8 Å². The number of alkyl carbamates (subject to hydrolysis) is 1. The number of benzene rings is 2. The van der Waals surface area contributed by atoms with Crippen LogP contribution in [-0.2, 0) is 32.1 Å². The number of ether oxygens (including phenoxy) is 3. The molecule has 2 amide bonds. The quantitative estimate of drug-likeness (QED) is 0.227. The predicted octanol–water partition coefficient (Wildman–Crippen LogP) is 1.48. The van der Waals surface area contributed by atoms with Crippen LogP contribution in [0, 0.1) is 10.1 Å². The average molecular weight is 489 g/mol. The lowest BCUT2D eigenvalue weighted by atomic mass is 10.0. The number of nitrogens with one attached hydrogen (secondary N) is 2. The lowest BCUT2D eigenvalue weighted by Crippen LogP contribution is -2.45. The van der Waals surface area contributed by atoms with Crippen molar-refractivity contribution in [3.05, 3.63) is 69.8 Å². The summed E-state index contributed by atoms with van der Waals surface area (Å²) in [5.41, 5.74) is 0.885. The molecule has 2 aromatic rings. The van der Waals surface area contributed by atoms with Gasteiger partial charge in [-0.3, -0.25) is 14.9 Å². The van der Waals surface area contributed by atoms with E-state index in [1.165, 1.54) is 25.3 Å². The Morgan fingerprint density at radius 1 is 1.09 bits per heavy atom. The number of aliphatic hydroxyl groups is 1. The van der Waals surface area contributed by atoms with Crippen LogP contribution in [0.5, 0.6) is 5.75 Å². The van der Waals surface area contributed by atoms with Gasteiger partial charge in [0, 0.05) is 19.0 Å². The number of rotatable bonds is 12. The number of hydrogen-bond acceptors (Lipinski definition) is 9. The monoisotopic (exact) mass is 489 g/mol. The summed E-state index contributed by atoms with van der Waals surface area (Å²) in [6, 6.07) is 12.0. The summed E-state index contributed by atoms with van der Waals surface area (Å²) >= 11 is 0. The van der Waals surface area contributed by atoms with Crippen LogP contribution in [0.1, 0.15) is 17.5 Å². The van der Waals surface area contributed by atoms with Crippen molar-refractivity contribution in [1.29, 1.82) is 0 Å². The topological polar surface area (TPSA) is 166 Å². The molecule has 0 saturated carbocycles. The minimum atomic E-state index is -1.25. The molecule has 2 rings (SSSR count). The van der Waals surface area contributed by atoms with Crippen molar-refractivity contribution in [2.45, 2.75) is 31.6 Å². The molecule has 0 bridgehead atoms. The number of nitro groups is 1. The van der Waals surface area contributed by atoms with Gasteiger partial charge < -0.3 is 30.0 Å². The zero-order valence-electron chi connectivity index (χ0n) is 19.3. The van der Waals surface area contributed by atoms with E-state index in [0.717, 1.165) is 12.7 Å².